The average Bonchev–Trinajstić information content (AvgIpc) is 3.27. The number of rotatable bonds is 5. The first-order valence-electron chi connectivity index (χ1n) is 8.55. The van der Waals surface area contributed by atoms with Gasteiger partial charge in [0.2, 0.25) is 0 Å². The highest BCUT2D eigenvalue weighted by Gasteiger charge is 2.11. The number of anilines is 1. The number of amides is 2. The molecule has 0 unspecified atom stereocenters. The van der Waals surface area contributed by atoms with Gasteiger partial charge in [-0.1, -0.05) is 23.2 Å². The van der Waals surface area contributed by atoms with Crippen molar-refractivity contribution in [3.8, 4) is 0 Å². The lowest BCUT2D eigenvalue weighted by Crippen LogP contribution is -2.23. The molecule has 0 saturated carbocycles. The van der Waals surface area contributed by atoms with Crippen molar-refractivity contribution in [2.24, 2.45) is 0 Å². The van der Waals surface area contributed by atoms with Crippen LogP contribution < -0.4 is 10.6 Å². The summed E-state index contributed by atoms with van der Waals surface area (Å²) >= 11 is 13.4. The second-order valence-corrected chi connectivity index (χ2v) is 7.94. The maximum absolute atomic E-state index is 12.3. The van der Waals surface area contributed by atoms with Crippen molar-refractivity contribution in [3.05, 3.63) is 87.1 Å². The highest BCUT2D eigenvalue weighted by molar-refractivity contribution is 7.15. The summed E-state index contributed by atoms with van der Waals surface area (Å²) in [6.07, 6.45) is 3.80. The molecule has 2 N–H and O–H groups in total. The summed E-state index contributed by atoms with van der Waals surface area (Å²) in [7, 11) is 0. The molecular weight excluding hydrogens is 431 g/mol. The van der Waals surface area contributed by atoms with Crippen molar-refractivity contribution in [2.45, 2.75) is 6.54 Å². The van der Waals surface area contributed by atoms with Gasteiger partial charge in [-0.25, -0.2) is 4.98 Å². The van der Waals surface area contributed by atoms with Crippen LogP contribution in [0.1, 0.15) is 26.4 Å². The minimum absolute atomic E-state index is 0.221. The minimum atomic E-state index is -0.341. The molecule has 0 aliphatic heterocycles. The zero-order chi connectivity index (χ0) is 20.4. The summed E-state index contributed by atoms with van der Waals surface area (Å²) in [6.45, 7) is 0.335. The van der Waals surface area contributed by atoms with Crippen LogP contribution in [0.3, 0.4) is 0 Å². The molecule has 2 heterocycles. The van der Waals surface area contributed by atoms with Crippen molar-refractivity contribution in [3.63, 3.8) is 0 Å². The van der Waals surface area contributed by atoms with Crippen LogP contribution in [-0.4, -0.2) is 21.2 Å². The van der Waals surface area contributed by atoms with Gasteiger partial charge in [0, 0.05) is 44.6 Å². The van der Waals surface area contributed by atoms with Gasteiger partial charge in [-0.15, -0.1) is 11.3 Å². The van der Waals surface area contributed by atoms with E-state index in [2.05, 4.69) is 15.6 Å². The van der Waals surface area contributed by atoms with Gasteiger partial charge in [0.15, 0.2) is 4.96 Å². The normalized spacial score (nSPS) is 10.8. The molecule has 2 amide bonds. The Bertz CT molecular complexity index is 1150. The fourth-order valence-corrected chi connectivity index (χ4v) is 3.97. The van der Waals surface area contributed by atoms with Gasteiger partial charge in [-0.2, -0.15) is 0 Å². The topological polar surface area (TPSA) is 75.5 Å². The number of nitrogens with zero attached hydrogens (tertiary/aromatic N) is 2. The minimum Gasteiger partial charge on any atom is -0.346 e. The third kappa shape index (κ3) is 4.59. The summed E-state index contributed by atoms with van der Waals surface area (Å²) in [6, 6.07) is 11.2. The number of benzene rings is 2. The van der Waals surface area contributed by atoms with Gasteiger partial charge in [-0.05, 0) is 42.5 Å². The molecule has 0 spiro atoms. The van der Waals surface area contributed by atoms with E-state index in [1.807, 2.05) is 22.2 Å². The number of hydrogen-bond acceptors (Lipinski definition) is 4. The van der Waals surface area contributed by atoms with Crippen LogP contribution in [0, 0.1) is 0 Å². The fraction of sp³-hybridized carbons (Fsp3) is 0.0500. The van der Waals surface area contributed by atoms with Crippen molar-refractivity contribution >= 4 is 57.0 Å². The van der Waals surface area contributed by atoms with E-state index in [4.69, 9.17) is 23.2 Å². The van der Waals surface area contributed by atoms with Crippen LogP contribution in [-0.2, 0) is 6.54 Å². The second-order valence-electron chi connectivity index (χ2n) is 6.20. The highest BCUT2D eigenvalue weighted by Crippen LogP contribution is 2.20. The molecule has 2 aromatic carbocycles. The van der Waals surface area contributed by atoms with Gasteiger partial charge in [-0.3, -0.25) is 14.0 Å². The van der Waals surface area contributed by atoms with E-state index in [9.17, 15) is 9.59 Å². The monoisotopic (exact) mass is 444 g/mol. The van der Waals surface area contributed by atoms with Crippen LogP contribution in [0.25, 0.3) is 4.96 Å². The Morgan fingerprint density at radius 3 is 2.41 bits per heavy atom. The Labute approximate surface area is 180 Å². The first-order chi connectivity index (χ1) is 14.0. The molecule has 0 saturated heterocycles. The van der Waals surface area contributed by atoms with E-state index in [1.54, 1.807) is 30.3 Å². The van der Waals surface area contributed by atoms with Crippen molar-refractivity contribution in [2.75, 3.05) is 5.32 Å². The lowest BCUT2D eigenvalue weighted by atomic mass is 10.1. The van der Waals surface area contributed by atoms with E-state index in [0.717, 1.165) is 10.7 Å². The largest absolute Gasteiger partial charge is 0.346 e. The number of aromatic nitrogens is 2. The molecule has 0 fully saturated rings. The summed E-state index contributed by atoms with van der Waals surface area (Å²) in [5.74, 6) is -0.563. The van der Waals surface area contributed by atoms with Gasteiger partial charge in [0.25, 0.3) is 11.8 Å². The van der Waals surface area contributed by atoms with Crippen molar-refractivity contribution < 1.29 is 9.59 Å². The zero-order valence-corrected chi connectivity index (χ0v) is 17.2. The van der Waals surface area contributed by atoms with Crippen LogP contribution in [0.4, 0.5) is 5.69 Å². The van der Waals surface area contributed by atoms with E-state index in [1.165, 1.54) is 23.5 Å². The second kappa shape index (κ2) is 8.24. The third-order valence-corrected chi connectivity index (χ3v) is 5.31. The molecule has 0 aliphatic carbocycles. The van der Waals surface area contributed by atoms with Crippen LogP contribution >= 0.6 is 34.5 Å². The summed E-state index contributed by atoms with van der Waals surface area (Å²) in [4.78, 5) is 30.0. The van der Waals surface area contributed by atoms with Crippen LogP contribution in [0.2, 0.25) is 10.0 Å². The maximum Gasteiger partial charge on any atom is 0.255 e. The summed E-state index contributed by atoms with van der Waals surface area (Å²) < 4.78 is 1.91. The smallest absolute Gasteiger partial charge is 0.255 e. The molecule has 4 aromatic rings. The summed E-state index contributed by atoms with van der Waals surface area (Å²) in [5.41, 5.74) is 2.17. The predicted octanol–water partition coefficient (Wildman–Crippen LogP) is 4.88. The van der Waals surface area contributed by atoms with E-state index in [-0.39, 0.29) is 11.8 Å². The van der Waals surface area contributed by atoms with Crippen molar-refractivity contribution in [1.29, 1.82) is 0 Å². The number of fused-ring (bicyclic) bond motifs is 1. The summed E-state index contributed by atoms with van der Waals surface area (Å²) in [5, 5.41) is 8.30. The molecule has 9 heteroatoms. The lowest BCUT2D eigenvalue weighted by molar-refractivity contribution is 0.0950. The fourth-order valence-electron chi connectivity index (χ4n) is 2.73. The van der Waals surface area contributed by atoms with Crippen molar-refractivity contribution in [1.82, 2.24) is 14.7 Å². The molecule has 0 radical (unpaired) electrons. The number of carbonyl (C=O) groups is 2. The molecule has 0 bridgehead atoms. The quantitative estimate of drug-likeness (QED) is 0.460. The number of thiazole rings is 1. The molecule has 0 aliphatic rings. The van der Waals surface area contributed by atoms with E-state index in [0.29, 0.717) is 33.4 Å². The Kier molecular flexibility index (Phi) is 5.53. The number of hydrogen-bond donors (Lipinski definition) is 2. The molecule has 6 nitrogen and oxygen atoms in total. The van der Waals surface area contributed by atoms with E-state index >= 15 is 0 Å². The Morgan fingerprint density at radius 1 is 1.00 bits per heavy atom. The van der Waals surface area contributed by atoms with Gasteiger partial charge in [0.05, 0.1) is 12.2 Å². The zero-order valence-electron chi connectivity index (χ0n) is 14.9. The third-order valence-electron chi connectivity index (χ3n) is 4.10. The number of halogens is 2. The predicted molar refractivity (Wildman–Crippen MR) is 115 cm³/mol. The standard InChI is InChI=1S/C20H14Cl2N4O2S/c21-14-7-13(8-15(22)9-14)19(28)24-16-3-1-12(2-4-16)18(27)23-10-17-11-26-5-6-29-20(26)25-17/h1-9,11H,10H2,(H,23,27)(H,24,28). The first kappa shape index (κ1) is 19.4. The molecular formula is C20H14Cl2N4O2S. The van der Waals surface area contributed by atoms with Gasteiger partial charge >= 0.3 is 0 Å². The van der Waals surface area contributed by atoms with Crippen LogP contribution in [0.5, 0.6) is 0 Å². The average molecular weight is 445 g/mol. The Balaban J connectivity index is 1.37. The number of carbonyl (C=O) groups excluding carboxylic acids is 2. The molecule has 146 valence electrons. The first-order valence-corrected chi connectivity index (χ1v) is 10.2. The number of nitrogens with one attached hydrogen (secondary N) is 2. The van der Waals surface area contributed by atoms with Gasteiger partial charge < -0.3 is 10.6 Å². The molecule has 2 aromatic heterocycles. The van der Waals surface area contributed by atoms with E-state index < -0.39 is 0 Å². The SMILES string of the molecule is O=C(NCc1cn2ccsc2n1)c1ccc(NC(=O)c2cc(Cl)cc(Cl)c2)cc1. The molecule has 4 rings (SSSR count). The Hall–Kier alpha value is -2.87. The Morgan fingerprint density at radius 2 is 1.72 bits per heavy atom. The number of imidazole rings is 1. The van der Waals surface area contributed by atoms with Gasteiger partial charge in [0.1, 0.15) is 0 Å². The molecule has 29 heavy (non-hydrogen) atoms. The lowest BCUT2D eigenvalue weighted by Gasteiger charge is -2.08. The highest BCUT2D eigenvalue weighted by atomic mass is 35.5. The maximum atomic E-state index is 12.3. The molecule has 0 atom stereocenters. The van der Waals surface area contributed by atoms with Crippen LogP contribution in [0.15, 0.2) is 60.2 Å².